The molecule has 26 heavy (non-hydrogen) atoms. The highest BCUT2D eigenvalue weighted by Crippen LogP contribution is 2.52. The highest BCUT2D eigenvalue weighted by molar-refractivity contribution is 6.08. The van der Waals surface area contributed by atoms with E-state index in [1.807, 2.05) is 12.2 Å². The van der Waals surface area contributed by atoms with E-state index < -0.39 is 30.7 Å². The first-order chi connectivity index (χ1) is 12.5. The molecule has 2 amide bonds. The number of amides is 2. The largest absolute Gasteiger partial charge is 0.456 e. The summed E-state index contributed by atoms with van der Waals surface area (Å²) in [6, 6.07) is 4.86. The van der Waals surface area contributed by atoms with Gasteiger partial charge in [0.15, 0.2) is 12.4 Å². The lowest BCUT2D eigenvalue weighted by atomic mass is 9.85. The van der Waals surface area contributed by atoms with Gasteiger partial charge in [0.05, 0.1) is 11.8 Å². The molecule has 1 heterocycles. The van der Waals surface area contributed by atoms with Crippen LogP contribution < -0.4 is 0 Å². The number of imide groups is 1. The predicted molar refractivity (Wildman–Crippen MR) is 86.1 cm³/mol. The summed E-state index contributed by atoms with van der Waals surface area (Å²) in [4.78, 5) is 49.8. The number of halogens is 1. The number of carbonyl (C=O) groups is 4. The number of allylic oxidation sites excluding steroid dienone is 2. The van der Waals surface area contributed by atoms with Gasteiger partial charge in [0.25, 0.3) is 0 Å². The number of likely N-dealkylation sites (tertiary alicyclic amines) is 1. The number of hydrogen-bond acceptors (Lipinski definition) is 5. The second kappa shape index (κ2) is 6.16. The lowest BCUT2D eigenvalue weighted by Crippen LogP contribution is -2.38. The van der Waals surface area contributed by atoms with Crippen LogP contribution >= 0.6 is 0 Å². The van der Waals surface area contributed by atoms with Crippen molar-refractivity contribution >= 4 is 23.6 Å². The molecule has 1 aromatic rings. The van der Waals surface area contributed by atoms with Crippen molar-refractivity contribution in [3.63, 3.8) is 0 Å². The van der Waals surface area contributed by atoms with Gasteiger partial charge in [-0.2, -0.15) is 0 Å². The topological polar surface area (TPSA) is 80.8 Å². The molecular formula is C19H16FNO5. The third-order valence-electron chi connectivity index (χ3n) is 5.38. The number of nitrogens with zero attached hydrogens (tertiary/aromatic N) is 1. The molecule has 0 unspecified atom stereocenters. The molecule has 2 bridgehead atoms. The standard InChI is InChI=1S/C19H16FNO5/c20-13-5-3-10(4-6-13)14(22)9-26-15(23)8-21-18(24)16-11-1-2-12(7-11)17(16)19(21)25/h1-6,11-12,16-17H,7-9H2/t11-,12-,16-,17-/m0/s1. The molecule has 7 heteroatoms. The molecule has 4 rings (SSSR count). The average molecular weight is 357 g/mol. The lowest BCUT2D eigenvalue weighted by molar-refractivity contribution is -0.152. The van der Waals surface area contributed by atoms with Gasteiger partial charge >= 0.3 is 5.97 Å². The molecule has 1 aromatic carbocycles. The van der Waals surface area contributed by atoms with Crippen LogP contribution in [0.4, 0.5) is 4.39 Å². The molecule has 0 radical (unpaired) electrons. The Morgan fingerprint density at radius 1 is 1.04 bits per heavy atom. The Morgan fingerprint density at radius 3 is 2.19 bits per heavy atom. The first-order valence-corrected chi connectivity index (χ1v) is 8.43. The molecule has 6 nitrogen and oxygen atoms in total. The molecule has 0 spiro atoms. The number of ether oxygens (including phenoxy) is 1. The Morgan fingerprint density at radius 2 is 1.62 bits per heavy atom. The quantitative estimate of drug-likeness (QED) is 0.344. The second-order valence-corrected chi connectivity index (χ2v) is 6.85. The van der Waals surface area contributed by atoms with Crippen molar-refractivity contribution in [1.82, 2.24) is 4.90 Å². The highest BCUT2D eigenvalue weighted by atomic mass is 19.1. The van der Waals surface area contributed by atoms with Crippen LogP contribution in [0.5, 0.6) is 0 Å². The zero-order chi connectivity index (χ0) is 18.4. The van der Waals surface area contributed by atoms with E-state index in [9.17, 15) is 23.6 Å². The summed E-state index contributed by atoms with van der Waals surface area (Å²) in [6.45, 7) is -1.01. The lowest BCUT2D eigenvalue weighted by Gasteiger charge is -2.16. The van der Waals surface area contributed by atoms with E-state index in [0.717, 1.165) is 23.5 Å². The Hall–Kier alpha value is -2.83. The van der Waals surface area contributed by atoms with Crippen LogP contribution in [0, 0.1) is 29.5 Å². The predicted octanol–water partition coefficient (Wildman–Crippen LogP) is 1.36. The summed E-state index contributed by atoms with van der Waals surface area (Å²) in [5.74, 6) is -3.04. The van der Waals surface area contributed by atoms with Crippen LogP contribution in [0.1, 0.15) is 16.8 Å². The maximum atomic E-state index is 12.9. The van der Waals surface area contributed by atoms with Crippen LogP contribution in [0.15, 0.2) is 36.4 Å². The Kier molecular flexibility index (Phi) is 3.94. The van der Waals surface area contributed by atoms with Crippen LogP contribution in [-0.2, 0) is 19.1 Å². The minimum absolute atomic E-state index is 0.0718. The van der Waals surface area contributed by atoms with Crippen LogP contribution in [-0.4, -0.2) is 41.6 Å². The van der Waals surface area contributed by atoms with E-state index >= 15 is 0 Å². The van der Waals surface area contributed by atoms with Crippen LogP contribution in [0.3, 0.4) is 0 Å². The van der Waals surface area contributed by atoms with E-state index in [1.165, 1.54) is 12.1 Å². The summed E-state index contributed by atoms with van der Waals surface area (Å²) in [7, 11) is 0. The Labute approximate surface area is 148 Å². The average Bonchev–Trinajstić information content (AvgIpc) is 3.30. The minimum atomic E-state index is -0.817. The van der Waals surface area contributed by atoms with Crippen molar-refractivity contribution in [2.24, 2.45) is 23.7 Å². The van der Waals surface area contributed by atoms with E-state index in [2.05, 4.69) is 0 Å². The summed E-state index contributed by atoms with van der Waals surface area (Å²) in [5, 5.41) is 0. The number of ketones is 1. The van der Waals surface area contributed by atoms with Gasteiger partial charge in [-0.15, -0.1) is 0 Å². The van der Waals surface area contributed by atoms with Crippen molar-refractivity contribution in [3.8, 4) is 0 Å². The van der Waals surface area contributed by atoms with E-state index in [4.69, 9.17) is 4.74 Å². The van der Waals surface area contributed by atoms with Crippen LogP contribution in [0.2, 0.25) is 0 Å². The number of esters is 1. The zero-order valence-electron chi connectivity index (χ0n) is 13.8. The van der Waals surface area contributed by atoms with Crippen LogP contribution in [0.25, 0.3) is 0 Å². The molecule has 2 aliphatic carbocycles. The van der Waals surface area contributed by atoms with Gasteiger partial charge in [0.1, 0.15) is 12.4 Å². The van der Waals surface area contributed by atoms with Gasteiger partial charge in [-0.3, -0.25) is 24.1 Å². The maximum absolute atomic E-state index is 12.9. The minimum Gasteiger partial charge on any atom is -0.456 e. The molecular weight excluding hydrogens is 341 g/mol. The van der Waals surface area contributed by atoms with E-state index in [-0.39, 0.29) is 41.0 Å². The number of hydrogen-bond donors (Lipinski definition) is 0. The van der Waals surface area contributed by atoms with E-state index in [0.29, 0.717) is 0 Å². The first kappa shape index (κ1) is 16.6. The van der Waals surface area contributed by atoms with Crippen molar-refractivity contribution < 1.29 is 28.3 Å². The highest BCUT2D eigenvalue weighted by Gasteiger charge is 2.59. The number of rotatable bonds is 5. The summed E-state index contributed by atoms with van der Waals surface area (Å²) < 4.78 is 17.7. The fourth-order valence-corrected chi connectivity index (χ4v) is 4.16. The Bertz CT molecular complexity index is 801. The number of Topliss-reactive ketones (excluding diaryl/α,β-unsaturated/α-hetero) is 1. The molecule has 0 aromatic heterocycles. The summed E-state index contributed by atoms with van der Waals surface area (Å²) >= 11 is 0. The number of fused-ring (bicyclic) bond motifs is 5. The summed E-state index contributed by atoms with van der Waals surface area (Å²) in [5.41, 5.74) is 0.213. The van der Waals surface area contributed by atoms with Gasteiger partial charge in [0.2, 0.25) is 11.8 Å². The second-order valence-electron chi connectivity index (χ2n) is 6.85. The van der Waals surface area contributed by atoms with Crippen molar-refractivity contribution in [3.05, 3.63) is 47.8 Å². The van der Waals surface area contributed by atoms with Crippen molar-refractivity contribution in [1.29, 1.82) is 0 Å². The van der Waals surface area contributed by atoms with Gasteiger partial charge in [-0.05, 0) is 42.5 Å². The molecule has 1 aliphatic heterocycles. The number of benzene rings is 1. The Balaban J connectivity index is 1.34. The molecule has 134 valence electrons. The first-order valence-electron chi connectivity index (χ1n) is 8.43. The summed E-state index contributed by atoms with van der Waals surface area (Å²) in [6.07, 6.45) is 4.76. The van der Waals surface area contributed by atoms with Gasteiger partial charge in [-0.1, -0.05) is 12.2 Å². The zero-order valence-corrected chi connectivity index (χ0v) is 13.8. The monoisotopic (exact) mass is 357 g/mol. The third-order valence-corrected chi connectivity index (χ3v) is 5.38. The fraction of sp³-hybridized carbons (Fsp3) is 0.368. The van der Waals surface area contributed by atoms with Gasteiger partial charge in [0, 0.05) is 5.56 Å². The maximum Gasteiger partial charge on any atom is 0.326 e. The molecule has 3 aliphatic rings. The smallest absolute Gasteiger partial charge is 0.326 e. The molecule has 0 N–H and O–H groups in total. The molecule has 1 saturated heterocycles. The molecule has 4 atom stereocenters. The van der Waals surface area contributed by atoms with Gasteiger partial charge in [-0.25, -0.2) is 4.39 Å². The SMILES string of the molecule is O=C(CN1C(=O)[C@@H]2[C@@H](C1=O)[C@H]1C=C[C@H]2C1)OCC(=O)c1ccc(F)cc1. The normalized spacial score (nSPS) is 28.6. The fourth-order valence-electron chi connectivity index (χ4n) is 4.16. The van der Waals surface area contributed by atoms with E-state index in [1.54, 1.807) is 0 Å². The molecule has 2 fully saturated rings. The third kappa shape index (κ3) is 2.64. The molecule has 1 saturated carbocycles. The van der Waals surface area contributed by atoms with Crippen molar-refractivity contribution in [2.75, 3.05) is 13.2 Å². The van der Waals surface area contributed by atoms with Crippen molar-refractivity contribution in [2.45, 2.75) is 6.42 Å². The number of carbonyl (C=O) groups excluding carboxylic acids is 4. The van der Waals surface area contributed by atoms with Gasteiger partial charge < -0.3 is 4.74 Å².